The summed E-state index contributed by atoms with van der Waals surface area (Å²) in [6.07, 6.45) is 1.04. The summed E-state index contributed by atoms with van der Waals surface area (Å²) in [5, 5.41) is 14.4. The molecule has 0 atom stereocenters. The monoisotopic (exact) mass is 528 g/mol. The van der Waals surface area contributed by atoms with Crippen LogP contribution in [-0.4, -0.2) is 60.6 Å². The van der Waals surface area contributed by atoms with E-state index >= 15 is 0 Å². The second kappa shape index (κ2) is 9.33. The number of halogens is 1. The zero-order chi connectivity index (χ0) is 26.2. The first-order chi connectivity index (χ1) is 17.1. The molecule has 3 aromatic rings. The number of hydrogen-bond acceptors (Lipinski definition) is 9. The fraction of sp³-hybridized carbons (Fsp3) is 0.136. The standard InChI is InChI=1S/C22H17ClN6O6S/c1-24-17-16(22(31)35-3)20-26-19(11-5-7-12(8-6-11)28-36(4,32)33)27-29(20)21(17)25-13-9-14(23)18(30)15(10-13)34-2/h5-10,28,30H,2-4H3. The molecule has 2 aromatic carbocycles. The van der Waals surface area contributed by atoms with Crippen molar-refractivity contribution in [3.8, 4) is 22.9 Å². The van der Waals surface area contributed by atoms with Crippen molar-refractivity contribution >= 4 is 50.4 Å². The number of esters is 1. The lowest BCUT2D eigenvalue weighted by Crippen LogP contribution is -2.11. The van der Waals surface area contributed by atoms with Crippen molar-refractivity contribution in [3.05, 3.63) is 64.4 Å². The summed E-state index contributed by atoms with van der Waals surface area (Å²) in [4.78, 5) is 24.9. The number of aliphatic imine (C=N–C) groups is 1. The molecule has 1 aliphatic heterocycles. The van der Waals surface area contributed by atoms with E-state index < -0.39 is 16.0 Å². The quantitative estimate of drug-likeness (QED) is 0.366. The van der Waals surface area contributed by atoms with Crippen LogP contribution in [0.4, 0.5) is 11.4 Å². The summed E-state index contributed by atoms with van der Waals surface area (Å²) in [5.41, 5.74) is 0.810. The van der Waals surface area contributed by atoms with Crippen LogP contribution in [0, 0.1) is 6.57 Å². The molecule has 2 heterocycles. The summed E-state index contributed by atoms with van der Waals surface area (Å²) in [6.45, 7) is 7.64. The van der Waals surface area contributed by atoms with Crippen molar-refractivity contribution in [1.29, 1.82) is 0 Å². The predicted octanol–water partition coefficient (Wildman–Crippen LogP) is 3.08. The van der Waals surface area contributed by atoms with Crippen molar-refractivity contribution < 1.29 is 27.8 Å². The van der Waals surface area contributed by atoms with Gasteiger partial charge in [-0.25, -0.2) is 32.7 Å². The number of anilines is 1. The van der Waals surface area contributed by atoms with Gasteiger partial charge in [-0.05, 0) is 30.3 Å². The molecule has 0 saturated heterocycles. The number of nitrogens with one attached hydrogen (secondary N) is 1. The fourth-order valence-corrected chi connectivity index (χ4v) is 4.13. The predicted molar refractivity (Wildman–Crippen MR) is 132 cm³/mol. The molecule has 4 rings (SSSR count). The van der Waals surface area contributed by atoms with Gasteiger partial charge in [-0.2, -0.15) is 0 Å². The molecule has 36 heavy (non-hydrogen) atoms. The van der Waals surface area contributed by atoms with Gasteiger partial charge in [-0.3, -0.25) is 4.72 Å². The zero-order valence-electron chi connectivity index (χ0n) is 19.0. The average Bonchev–Trinajstić information content (AvgIpc) is 3.37. The number of aromatic nitrogens is 3. The number of hydrogen-bond donors (Lipinski definition) is 2. The molecule has 0 amide bonds. The summed E-state index contributed by atoms with van der Waals surface area (Å²) in [7, 11) is -0.934. The normalized spacial score (nSPS) is 13.9. The number of aromatic hydroxyl groups is 1. The molecule has 14 heteroatoms. The minimum absolute atomic E-state index is 0.0154. The Morgan fingerprint density at radius 3 is 2.53 bits per heavy atom. The van der Waals surface area contributed by atoms with Crippen LogP contribution in [0.2, 0.25) is 5.02 Å². The van der Waals surface area contributed by atoms with Crippen LogP contribution < -0.4 is 9.46 Å². The smallest absolute Gasteiger partial charge is 0.331 e. The van der Waals surface area contributed by atoms with Gasteiger partial charge in [0.15, 0.2) is 29.0 Å². The van der Waals surface area contributed by atoms with Crippen molar-refractivity contribution in [1.82, 2.24) is 14.8 Å². The van der Waals surface area contributed by atoms with Crippen LogP contribution in [0.1, 0.15) is 5.82 Å². The van der Waals surface area contributed by atoms with Gasteiger partial charge in [0.25, 0.3) is 0 Å². The molecule has 0 radical (unpaired) electrons. The zero-order valence-corrected chi connectivity index (χ0v) is 20.5. The average molecular weight is 529 g/mol. The van der Waals surface area contributed by atoms with E-state index in [-0.39, 0.29) is 51.0 Å². The molecule has 0 aliphatic carbocycles. The Balaban J connectivity index is 1.86. The number of phenolic OH excluding ortho intramolecular Hbond substituents is 1. The topological polar surface area (TPSA) is 149 Å². The van der Waals surface area contributed by atoms with E-state index in [1.807, 2.05) is 0 Å². The van der Waals surface area contributed by atoms with E-state index in [0.717, 1.165) is 6.26 Å². The Kier molecular flexibility index (Phi) is 6.40. The Morgan fingerprint density at radius 2 is 1.94 bits per heavy atom. The lowest BCUT2D eigenvalue weighted by atomic mass is 10.2. The minimum atomic E-state index is -3.45. The van der Waals surface area contributed by atoms with Gasteiger partial charge in [-0.15, -0.1) is 5.10 Å². The second-order valence-electron chi connectivity index (χ2n) is 7.36. The number of nitrogens with zero attached hydrogens (tertiary/aromatic N) is 5. The summed E-state index contributed by atoms with van der Waals surface area (Å²) in [5.74, 6) is -0.808. The lowest BCUT2D eigenvalue weighted by molar-refractivity contribution is -0.133. The van der Waals surface area contributed by atoms with Gasteiger partial charge in [0, 0.05) is 17.3 Å². The molecule has 0 saturated carbocycles. The summed E-state index contributed by atoms with van der Waals surface area (Å²) >= 11 is 6.07. The van der Waals surface area contributed by atoms with Crippen LogP contribution in [0.3, 0.4) is 0 Å². The van der Waals surface area contributed by atoms with Gasteiger partial charge in [0.2, 0.25) is 15.7 Å². The first-order valence-electron chi connectivity index (χ1n) is 9.98. The van der Waals surface area contributed by atoms with Crippen molar-refractivity contribution in [3.63, 3.8) is 0 Å². The Bertz CT molecular complexity index is 1600. The van der Waals surface area contributed by atoms with Crippen molar-refractivity contribution in [2.24, 2.45) is 4.99 Å². The van der Waals surface area contributed by atoms with Gasteiger partial charge < -0.3 is 14.6 Å². The highest BCUT2D eigenvalue weighted by Crippen LogP contribution is 2.39. The van der Waals surface area contributed by atoms with Gasteiger partial charge in [-0.1, -0.05) is 11.6 Å². The molecule has 2 N–H and O–H groups in total. The van der Waals surface area contributed by atoms with E-state index in [2.05, 4.69) is 24.6 Å². The number of allylic oxidation sites excluding steroid dienone is 1. The molecule has 0 spiro atoms. The van der Waals surface area contributed by atoms with Crippen LogP contribution in [0.25, 0.3) is 21.8 Å². The number of carbonyl (C=O) groups is 1. The second-order valence-corrected chi connectivity index (χ2v) is 9.52. The number of sulfonamides is 1. The molecular formula is C22H17ClN6O6S. The van der Waals surface area contributed by atoms with E-state index in [4.69, 9.17) is 27.6 Å². The molecule has 1 aliphatic rings. The SMILES string of the molecule is [C-]#[N+]C1=C(C(=O)OC)c2nc(-c3ccc(NS(C)(=O)=O)cc3)nn2C1=Nc1cc(Cl)c(O)c(OC)c1. The minimum Gasteiger partial charge on any atom is -0.503 e. The maximum atomic E-state index is 12.6. The molecule has 0 bridgehead atoms. The fourth-order valence-electron chi connectivity index (χ4n) is 3.36. The van der Waals surface area contributed by atoms with Gasteiger partial charge >= 0.3 is 5.97 Å². The third kappa shape index (κ3) is 4.59. The third-order valence-corrected chi connectivity index (χ3v) is 5.79. The van der Waals surface area contributed by atoms with Crippen molar-refractivity contribution in [2.45, 2.75) is 0 Å². The summed E-state index contributed by atoms with van der Waals surface area (Å²) in [6, 6.07) is 9.01. The molecule has 0 unspecified atom stereocenters. The number of fused-ring (bicyclic) bond motifs is 1. The van der Waals surface area contributed by atoms with E-state index in [0.29, 0.717) is 11.3 Å². The molecule has 0 fully saturated rings. The largest absolute Gasteiger partial charge is 0.503 e. The molecule has 184 valence electrons. The van der Waals surface area contributed by atoms with Crippen molar-refractivity contribution in [2.75, 3.05) is 25.2 Å². The first-order valence-corrected chi connectivity index (χ1v) is 12.2. The Morgan fingerprint density at radius 1 is 1.25 bits per heavy atom. The summed E-state index contributed by atoms with van der Waals surface area (Å²) < 4.78 is 36.4. The van der Waals surface area contributed by atoms with E-state index in [9.17, 15) is 18.3 Å². The van der Waals surface area contributed by atoms with Crippen LogP contribution in [0.15, 0.2) is 47.1 Å². The third-order valence-electron chi connectivity index (χ3n) is 4.90. The van der Waals surface area contributed by atoms with Gasteiger partial charge in [0.1, 0.15) is 5.57 Å². The molecule has 12 nitrogen and oxygen atoms in total. The number of methoxy groups -OCH3 is 2. The Labute approximate surface area is 210 Å². The van der Waals surface area contributed by atoms with Crippen LogP contribution >= 0.6 is 11.6 Å². The highest BCUT2D eigenvalue weighted by Gasteiger charge is 2.37. The maximum Gasteiger partial charge on any atom is 0.331 e. The highest BCUT2D eigenvalue weighted by molar-refractivity contribution is 7.92. The molecule has 1 aromatic heterocycles. The number of rotatable bonds is 6. The number of ether oxygens (including phenoxy) is 2. The highest BCUT2D eigenvalue weighted by atomic mass is 35.5. The maximum absolute atomic E-state index is 12.6. The molecular weight excluding hydrogens is 512 g/mol. The lowest BCUT2D eigenvalue weighted by Gasteiger charge is -2.07. The van der Waals surface area contributed by atoms with Crippen LogP contribution in [-0.2, 0) is 19.6 Å². The van der Waals surface area contributed by atoms with E-state index in [1.54, 1.807) is 12.1 Å². The van der Waals surface area contributed by atoms with Gasteiger partial charge in [0.05, 0.1) is 37.8 Å². The number of phenols is 1. The first kappa shape index (κ1) is 24.7. The number of carbonyl (C=O) groups excluding carboxylic acids is 1. The number of benzene rings is 2. The van der Waals surface area contributed by atoms with E-state index in [1.165, 1.54) is 43.2 Å². The Hall–Kier alpha value is -4.41. The van der Waals surface area contributed by atoms with Crippen LogP contribution in [0.5, 0.6) is 11.5 Å².